The molecule has 0 bridgehead atoms. The Balaban J connectivity index is 1.59. The fourth-order valence-corrected chi connectivity index (χ4v) is 3.90. The second-order valence-electron chi connectivity index (χ2n) is 5.76. The second-order valence-corrected chi connectivity index (χ2v) is 7.75. The Hall–Kier alpha value is -2.32. The van der Waals surface area contributed by atoms with Crippen LogP contribution < -0.4 is 4.74 Å². The van der Waals surface area contributed by atoms with Gasteiger partial charge in [0.25, 0.3) is 5.89 Å². The summed E-state index contributed by atoms with van der Waals surface area (Å²) in [6.45, 7) is 3.02. The van der Waals surface area contributed by atoms with Gasteiger partial charge in [-0.25, -0.2) is 0 Å². The fourth-order valence-electron chi connectivity index (χ4n) is 2.45. The SMILES string of the molecule is CCCN(Cc1nnc(-c2cccs2)o1)C(=O)CSc1ccc(OC)cc1. The lowest BCUT2D eigenvalue weighted by molar-refractivity contribution is -0.129. The molecule has 6 nitrogen and oxygen atoms in total. The summed E-state index contributed by atoms with van der Waals surface area (Å²) >= 11 is 3.05. The summed E-state index contributed by atoms with van der Waals surface area (Å²) in [6.07, 6.45) is 0.866. The number of aromatic nitrogens is 2. The van der Waals surface area contributed by atoms with Crippen molar-refractivity contribution in [3.63, 3.8) is 0 Å². The van der Waals surface area contributed by atoms with Crippen LogP contribution in [0.4, 0.5) is 0 Å². The first kappa shape index (κ1) is 19.4. The Morgan fingerprint density at radius 2 is 2.07 bits per heavy atom. The van der Waals surface area contributed by atoms with Crippen molar-refractivity contribution in [2.45, 2.75) is 24.8 Å². The van der Waals surface area contributed by atoms with E-state index in [0.29, 0.717) is 30.6 Å². The molecule has 0 saturated carbocycles. The van der Waals surface area contributed by atoms with Crippen LogP contribution in [0.1, 0.15) is 19.2 Å². The average molecular weight is 404 g/mol. The predicted molar refractivity (Wildman–Crippen MR) is 107 cm³/mol. The molecule has 0 N–H and O–H groups in total. The molecule has 1 amide bonds. The number of carbonyl (C=O) groups excluding carboxylic acids is 1. The maximum absolute atomic E-state index is 12.7. The number of thiophene rings is 1. The van der Waals surface area contributed by atoms with Crippen molar-refractivity contribution >= 4 is 29.0 Å². The zero-order valence-electron chi connectivity index (χ0n) is 15.3. The number of ether oxygens (including phenoxy) is 1. The lowest BCUT2D eigenvalue weighted by atomic mass is 10.3. The third kappa shape index (κ3) is 5.33. The highest BCUT2D eigenvalue weighted by molar-refractivity contribution is 8.00. The number of nitrogens with zero attached hydrogens (tertiary/aromatic N) is 3. The summed E-state index contributed by atoms with van der Waals surface area (Å²) in [5.41, 5.74) is 0. The van der Waals surface area contributed by atoms with Gasteiger partial charge in [0.15, 0.2) is 0 Å². The maximum Gasteiger partial charge on any atom is 0.257 e. The molecule has 0 atom stereocenters. The average Bonchev–Trinajstić information content (AvgIpc) is 3.38. The van der Waals surface area contributed by atoms with Crippen molar-refractivity contribution in [1.82, 2.24) is 15.1 Å². The molecular formula is C19H21N3O3S2. The molecule has 142 valence electrons. The maximum atomic E-state index is 12.7. The Bertz CT molecular complexity index is 847. The minimum absolute atomic E-state index is 0.0496. The van der Waals surface area contributed by atoms with Crippen LogP contribution in [0, 0.1) is 0 Å². The molecule has 2 aromatic heterocycles. The van der Waals surface area contributed by atoms with Gasteiger partial charge >= 0.3 is 0 Å². The summed E-state index contributed by atoms with van der Waals surface area (Å²) in [6, 6.07) is 11.6. The standard InChI is InChI=1S/C19H21N3O3S2/c1-3-10-22(12-17-20-21-19(25-17)16-5-4-11-26-16)18(23)13-27-15-8-6-14(24-2)7-9-15/h4-9,11H,3,10,12-13H2,1-2H3. The van der Waals surface area contributed by atoms with Crippen molar-refractivity contribution in [3.8, 4) is 16.5 Å². The molecule has 3 aromatic rings. The molecule has 0 fully saturated rings. The monoisotopic (exact) mass is 403 g/mol. The molecule has 0 aliphatic carbocycles. The smallest absolute Gasteiger partial charge is 0.257 e. The van der Waals surface area contributed by atoms with Crippen molar-refractivity contribution in [2.24, 2.45) is 0 Å². The lowest BCUT2D eigenvalue weighted by Crippen LogP contribution is -2.32. The van der Waals surface area contributed by atoms with Gasteiger partial charge in [-0.2, -0.15) is 0 Å². The fraction of sp³-hybridized carbons (Fsp3) is 0.316. The van der Waals surface area contributed by atoms with Gasteiger partial charge in [0, 0.05) is 11.4 Å². The Labute approximate surface area is 166 Å². The minimum atomic E-state index is 0.0496. The summed E-state index contributed by atoms with van der Waals surface area (Å²) in [5, 5.41) is 10.1. The zero-order valence-corrected chi connectivity index (χ0v) is 16.9. The molecule has 0 radical (unpaired) electrons. The van der Waals surface area contributed by atoms with Gasteiger partial charge in [-0.15, -0.1) is 33.3 Å². The Kier molecular flexibility index (Phi) is 6.89. The molecule has 0 aliphatic heterocycles. The van der Waals surface area contributed by atoms with Crippen LogP contribution >= 0.6 is 23.1 Å². The van der Waals surface area contributed by atoms with E-state index in [9.17, 15) is 4.79 Å². The van der Waals surface area contributed by atoms with Crippen molar-refractivity contribution < 1.29 is 13.9 Å². The second kappa shape index (κ2) is 9.57. The zero-order chi connectivity index (χ0) is 19.1. The largest absolute Gasteiger partial charge is 0.497 e. The third-order valence-corrected chi connectivity index (χ3v) is 5.65. The number of amides is 1. The molecule has 0 unspecified atom stereocenters. The van der Waals surface area contributed by atoms with Crippen molar-refractivity contribution in [1.29, 1.82) is 0 Å². The van der Waals surface area contributed by atoms with Crippen molar-refractivity contribution in [2.75, 3.05) is 19.4 Å². The van der Waals surface area contributed by atoms with Crippen LogP contribution in [0.15, 0.2) is 51.1 Å². The van der Waals surface area contributed by atoms with E-state index in [1.807, 2.05) is 48.7 Å². The Morgan fingerprint density at radius 3 is 2.74 bits per heavy atom. The van der Waals surface area contributed by atoms with Gasteiger partial charge in [-0.3, -0.25) is 4.79 Å². The summed E-state index contributed by atoms with van der Waals surface area (Å²) in [4.78, 5) is 16.4. The third-order valence-electron chi connectivity index (χ3n) is 3.79. The number of rotatable bonds is 9. The lowest BCUT2D eigenvalue weighted by Gasteiger charge is -2.20. The predicted octanol–water partition coefficient (Wildman–Crippen LogP) is 4.34. The molecule has 0 saturated heterocycles. The van der Waals surface area contributed by atoms with Crippen molar-refractivity contribution in [3.05, 3.63) is 47.7 Å². The quantitative estimate of drug-likeness (QED) is 0.495. The van der Waals surface area contributed by atoms with Crippen LogP contribution in [0.3, 0.4) is 0 Å². The number of thioether (sulfide) groups is 1. The number of benzene rings is 1. The van der Waals surface area contributed by atoms with Gasteiger partial charge in [0.2, 0.25) is 11.8 Å². The van der Waals surface area contributed by atoms with E-state index in [1.54, 1.807) is 23.3 Å². The summed E-state index contributed by atoms with van der Waals surface area (Å²) < 4.78 is 10.9. The van der Waals surface area contributed by atoms with E-state index in [0.717, 1.165) is 21.9 Å². The molecule has 0 spiro atoms. The first-order valence-electron chi connectivity index (χ1n) is 8.60. The van der Waals surface area contributed by atoms with E-state index in [4.69, 9.17) is 9.15 Å². The van der Waals surface area contributed by atoms with Crippen LogP contribution in [-0.4, -0.2) is 40.4 Å². The molecular weight excluding hydrogens is 382 g/mol. The van der Waals surface area contributed by atoms with E-state index in [-0.39, 0.29) is 5.91 Å². The van der Waals surface area contributed by atoms with Gasteiger partial charge in [-0.1, -0.05) is 13.0 Å². The normalized spacial score (nSPS) is 10.7. The molecule has 2 heterocycles. The molecule has 3 rings (SSSR count). The van der Waals surface area contributed by atoms with Crippen LogP contribution in [-0.2, 0) is 11.3 Å². The van der Waals surface area contributed by atoms with E-state index < -0.39 is 0 Å². The van der Waals surface area contributed by atoms with Gasteiger partial charge in [0.1, 0.15) is 5.75 Å². The van der Waals surface area contributed by atoms with Gasteiger partial charge in [0.05, 0.1) is 24.3 Å². The summed E-state index contributed by atoms with van der Waals surface area (Å²) in [7, 11) is 1.63. The van der Waals surface area contributed by atoms with E-state index in [1.165, 1.54) is 11.8 Å². The number of hydrogen-bond donors (Lipinski definition) is 0. The molecule has 8 heteroatoms. The molecule has 0 aliphatic rings. The topological polar surface area (TPSA) is 68.5 Å². The van der Waals surface area contributed by atoms with Crippen LogP contribution in [0.25, 0.3) is 10.8 Å². The van der Waals surface area contributed by atoms with Gasteiger partial charge in [-0.05, 0) is 42.1 Å². The summed E-state index contributed by atoms with van der Waals surface area (Å²) in [5.74, 6) is 2.16. The Morgan fingerprint density at radius 1 is 1.26 bits per heavy atom. The number of carbonyl (C=O) groups is 1. The number of hydrogen-bond acceptors (Lipinski definition) is 7. The highest BCUT2D eigenvalue weighted by Gasteiger charge is 2.18. The van der Waals surface area contributed by atoms with Gasteiger partial charge < -0.3 is 14.1 Å². The van der Waals surface area contributed by atoms with E-state index in [2.05, 4.69) is 10.2 Å². The first-order chi connectivity index (χ1) is 13.2. The van der Waals surface area contributed by atoms with Crippen LogP contribution in [0.5, 0.6) is 5.75 Å². The minimum Gasteiger partial charge on any atom is -0.497 e. The molecule has 1 aromatic carbocycles. The highest BCUT2D eigenvalue weighted by Crippen LogP contribution is 2.24. The van der Waals surface area contributed by atoms with E-state index >= 15 is 0 Å². The highest BCUT2D eigenvalue weighted by atomic mass is 32.2. The van der Waals surface area contributed by atoms with Crippen LogP contribution in [0.2, 0.25) is 0 Å². The number of methoxy groups -OCH3 is 1. The first-order valence-corrected chi connectivity index (χ1v) is 10.5. The molecule has 27 heavy (non-hydrogen) atoms.